The third kappa shape index (κ3) is 9.39. The second-order valence-corrected chi connectivity index (χ2v) is 7.71. The Morgan fingerprint density at radius 2 is 1.58 bits per heavy atom. The Balaban J connectivity index is 3.21. The number of nitrogens with two attached hydrogens (primary N) is 3. The number of nitrogens with zero attached hydrogens (tertiary/aromatic N) is 1. The van der Waals surface area contributed by atoms with E-state index in [1.54, 1.807) is 0 Å². The van der Waals surface area contributed by atoms with Crippen molar-refractivity contribution in [3.05, 3.63) is 23.5 Å². The lowest BCUT2D eigenvalue weighted by Crippen LogP contribution is -2.45. The zero-order valence-electron chi connectivity index (χ0n) is 18.2. The number of carbonyl (C=O) groups is 4. The summed E-state index contributed by atoms with van der Waals surface area (Å²) in [5, 5.41) is 39.5. The molecule has 0 bridgehead atoms. The molecule has 1 heterocycles. The summed E-state index contributed by atoms with van der Waals surface area (Å²) in [6, 6.07) is -3.75. The first kappa shape index (κ1) is 27.7. The minimum Gasteiger partial charge on any atom is -0.548 e. The summed E-state index contributed by atoms with van der Waals surface area (Å²) < 4.78 is 6.69. The first-order valence-corrected chi connectivity index (χ1v) is 10.2. The van der Waals surface area contributed by atoms with Gasteiger partial charge < -0.3 is 47.2 Å². The number of aromatic nitrogens is 1. The molecular formula is C20H30N4O9. The van der Waals surface area contributed by atoms with Gasteiger partial charge in [-0.15, -0.1) is 0 Å². The highest BCUT2D eigenvalue weighted by Gasteiger charge is 2.25. The van der Waals surface area contributed by atoms with E-state index in [1.807, 2.05) is 0 Å². The van der Waals surface area contributed by atoms with Crippen LogP contribution in [0.3, 0.4) is 0 Å². The summed E-state index contributed by atoms with van der Waals surface area (Å²) >= 11 is 0. The minimum atomic E-state index is -1.52. The molecule has 0 fully saturated rings. The molecule has 0 amide bonds. The fraction of sp³-hybridized carbons (Fsp3) is 0.550. The minimum absolute atomic E-state index is 0.00676. The molecule has 33 heavy (non-hydrogen) atoms. The lowest BCUT2D eigenvalue weighted by Gasteiger charge is -2.18. The van der Waals surface area contributed by atoms with Gasteiger partial charge in [0, 0.05) is 24.1 Å². The smallest absolute Gasteiger partial charge is 0.320 e. The Morgan fingerprint density at radius 1 is 1.00 bits per heavy atom. The van der Waals surface area contributed by atoms with E-state index in [9.17, 15) is 29.4 Å². The van der Waals surface area contributed by atoms with Gasteiger partial charge in [0.2, 0.25) is 6.20 Å². The van der Waals surface area contributed by atoms with E-state index in [1.165, 1.54) is 23.9 Å². The number of rotatable bonds is 14. The molecule has 0 saturated heterocycles. The van der Waals surface area contributed by atoms with Crippen LogP contribution >= 0.6 is 0 Å². The van der Waals surface area contributed by atoms with Crippen LogP contribution in [-0.2, 0) is 43.3 Å². The molecule has 0 aliphatic rings. The Labute approximate surface area is 189 Å². The van der Waals surface area contributed by atoms with Crippen molar-refractivity contribution < 1.29 is 48.9 Å². The van der Waals surface area contributed by atoms with E-state index in [2.05, 4.69) is 0 Å². The van der Waals surface area contributed by atoms with Gasteiger partial charge in [0.1, 0.15) is 12.1 Å². The molecule has 4 atom stereocenters. The number of hydrogen-bond donors (Lipinski definition) is 6. The van der Waals surface area contributed by atoms with Crippen LogP contribution in [0.2, 0.25) is 0 Å². The van der Waals surface area contributed by atoms with E-state index >= 15 is 0 Å². The van der Waals surface area contributed by atoms with Crippen LogP contribution in [0, 0.1) is 0 Å². The number of carbonyl (C=O) groups excluding carboxylic acids is 2. The average Bonchev–Trinajstić information content (AvgIpc) is 2.71. The zero-order valence-corrected chi connectivity index (χ0v) is 18.2. The van der Waals surface area contributed by atoms with Gasteiger partial charge in [-0.3, -0.25) is 14.4 Å². The molecule has 0 spiro atoms. The maximum Gasteiger partial charge on any atom is 0.320 e. The molecule has 0 aliphatic heterocycles. The predicted octanol–water partition coefficient (Wildman–Crippen LogP) is -3.23. The van der Waals surface area contributed by atoms with Crippen LogP contribution in [0.4, 0.5) is 0 Å². The summed E-state index contributed by atoms with van der Waals surface area (Å²) in [5.74, 6) is -4.85. The van der Waals surface area contributed by atoms with Gasteiger partial charge in [-0.1, -0.05) is 0 Å². The summed E-state index contributed by atoms with van der Waals surface area (Å²) in [5.41, 5.74) is 17.2. The number of esters is 1. The lowest BCUT2D eigenvalue weighted by molar-refractivity contribution is -0.704. The second-order valence-electron chi connectivity index (χ2n) is 7.71. The Bertz CT molecular complexity index is 877. The number of aromatic hydroxyl groups is 1. The van der Waals surface area contributed by atoms with Gasteiger partial charge in [0.25, 0.3) is 0 Å². The number of carboxylic acid groups (broad SMARTS) is 3. The zero-order chi connectivity index (χ0) is 25.3. The first-order valence-electron chi connectivity index (χ1n) is 10.2. The van der Waals surface area contributed by atoms with Gasteiger partial charge in [0.15, 0.2) is 24.6 Å². The highest BCUT2D eigenvalue weighted by Crippen LogP contribution is 2.22. The van der Waals surface area contributed by atoms with E-state index in [4.69, 9.17) is 32.2 Å². The van der Waals surface area contributed by atoms with Crippen LogP contribution < -0.4 is 26.9 Å². The van der Waals surface area contributed by atoms with Crippen molar-refractivity contribution in [3.63, 3.8) is 0 Å². The Morgan fingerprint density at radius 3 is 2.09 bits per heavy atom. The molecule has 1 aromatic heterocycles. The van der Waals surface area contributed by atoms with Gasteiger partial charge >= 0.3 is 17.9 Å². The molecule has 13 nitrogen and oxygen atoms in total. The van der Waals surface area contributed by atoms with Crippen LogP contribution in [0.1, 0.15) is 37.3 Å². The maximum absolute atomic E-state index is 11.5. The molecule has 184 valence electrons. The predicted molar refractivity (Wildman–Crippen MR) is 109 cm³/mol. The maximum atomic E-state index is 11.5. The number of aryl methyl sites for hydroxylation is 1. The van der Waals surface area contributed by atoms with E-state index < -0.39 is 48.1 Å². The SMILES string of the molecule is CC(=O)O[C@H](CC[C@H](N)C(=O)O)C[n+]1cc(O)c(C[C@H](N)C(=O)[O-])c(CC[C@H](N)C(=O)O)c1. The molecule has 0 radical (unpaired) electrons. The summed E-state index contributed by atoms with van der Waals surface area (Å²) in [4.78, 5) is 44.5. The molecule has 0 aliphatic carbocycles. The van der Waals surface area contributed by atoms with Crippen LogP contribution in [-0.4, -0.2) is 63.4 Å². The van der Waals surface area contributed by atoms with Gasteiger partial charge in [-0.2, -0.15) is 4.57 Å². The van der Waals surface area contributed by atoms with Crippen molar-refractivity contribution in [2.75, 3.05) is 0 Å². The van der Waals surface area contributed by atoms with E-state index in [0.717, 1.165) is 0 Å². The van der Waals surface area contributed by atoms with Crippen molar-refractivity contribution in [3.8, 4) is 5.75 Å². The van der Waals surface area contributed by atoms with Gasteiger partial charge in [-0.05, 0) is 32.1 Å². The van der Waals surface area contributed by atoms with Crippen molar-refractivity contribution in [1.29, 1.82) is 0 Å². The number of pyridine rings is 1. The topological polar surface area (TPSA) is 243 Å². The van der Waals surface area contributed by atoms with Gasteiger partial charge in [0.05, 0.1) is 5.97 Å². The van der Waals surface area contributed by atoms with Crippen LogP contribution in [0.25, 0.3) is 0 Å². The third-order valence-corrected chi connectivity index (χ3v) is 4.94. The molecule has 0 saturated carbocycles. The summed E-state index contributed by atoms with van der Waals surface area (Å²) in [7, 11) is 0. The lowest BCUT2D eigenvalue weighted by atomic mass is 9.96. The molecular weight excluding hydrogens is 440 g/mol. The van der Waals surface area contributed by atoms with Crippen molar-refractivity contribution in [2.24, 2.45) is 17.2 Å². The van der Waals surface area contributed by atoms with Crippen molar-refractivity contribution in [1.82, 2.24) is 0 Å². The number of carboxylic acids is 3. The highest BCUT2D eigenvalue weighted by atomic mass is 16.5. The Kier molecular flexibility index (Phi) is 10.7. The number of hydrogen-bond acceptors (Lipinski definition) is 10. The number of ether oxygens (including phenoxy) is 1. The quantitative estimate of drug-likeness (QED) is 0.116. The largest absolute Gasteiger partial charge is 0.548 e. The molecule has 0 aromatic carbocycles. The monoisotopic (exact) mass is 470 g/mol. The molecule has 9 N–H and O–H groups in total. The highest BCUT2D eigenvalue weighted by molar-refractivity contribution is 5.73. The standard InChI is InChI=1S/C20H30N4O9/c1-10(25)33-12(3-5-15(22)19(29)30)8-24-7-11(2-4-14(21)18(27)28)13(17(26)9-24)6-16(23)20(31)32/h7,9,12,14-16H,2-6,8,21-23H2,1H3,(H3-,26,27,28,29,30,31,32)/t12-,14+,15+,16+/m1/s1. The van der Waals surface area contributed by atoms with Crippen LogP contribution in [0.15, 0.2) is 12.4 Å². The van der Waals surface area contributed by atoms with Crippen molar-refractivity contribution in [2.45, 2.75) is 69.8 Å². The molecule has 13 heteroatoms. The third-order valence-electron chi connectivity index (χ3n) is 4.94. The first-order chi connectivity index (χ1) is 15.3. The summed E-state index contributed by atoms with van der Waals surface area (Å²) in [6.45, 7) is 1.21. The fourth-order valence-corrected chi connectivity index (χ4v) is 3.16. The molecule has 1 aromatic rings. The van der Waals surface area contributed by atoms with E-state index in [-0.39, 0.29) is 50.0 Å². The van der Waals surface area contributed by atoms with Crippen LogP contribution in [0.5, 0.6) is 5.75 Å². The summed E-state index contributed by atoms with van der Waals surface area (Å²) in [6.07, 6.45) is 1.98. The molecule has 1 rings (SSSR count). The normalized spacial score (nSPS) is 14.7. The Hall–Kier alpha value is -3.29. The fourth-order valence-electron chi connectivity index (χ4n) is 3.16. The van der Waals surface area contributed by atoms with Gasteiger partial charge in [-0.25, -0.2) is 0 Å². The number of aliphatic carboxylic acids is 3. The average molecular weight is 470 g/mol. The van der Waals surface area contributed by atoms with Crippen molar-refractivity contribution >= 4 is 23.9 Å². The second kappa shape index (κ2) is 12.7. The van der Waals surface area contributed by atoms with E-state index in [0.29, 0.717) is 5.56 Å². The molecule has 0 unspecified atom stereocenters.